The van der Waals surface area contributed by atoms with E-state index in [0.29, 0.717) is 0 Å². The summed E-state index contributed by atoms with van der Waals surface area (Å²) in [4.78, 5) is 23.8. The van der Waals surface area contributed by atoms with E-state index in [2.05, 4.69) is 11.4 Å². The van der Waals surface area contributed by atoms with Gasteiger partial charge in [0.2, 0.25) is 0 Å². The molecule has 22 heavy (non-hydrogen) atoms. The zero-order valence-electron chi connectivity index (χ0n) is 12.6. The summed E-state index contributed by atoms with van der Waals surface area (Å²) >= 11 is 2.05. The van der Waals surface area contributed by atoms with Crippen LogP contribution in [0.2, 0.25) is 0 Å². The van der Waals surface area contributed by atoms with Crippen LogP contribution < -0.4 is 11.1 Å². The van der Waals surface area contributed by atoms with Crippen LogP contribution in [0.3, 0.4) is 0 Å². The highest BCUT2D eigenvalue weighted by Gasteiger charge is 2.30. The Labute approximate surface area is 143 Å². The molecule has 0 aromatic heterocycles. The Morgan fingerprint density at radius 3 is 2.68 bits per heavy atom. The number of nitrogens with zero attached hydrogens (tertiary/aromatic N) is 1. The molecular formula is C15H18IN3O3. The van der Waals surface area contributed by atoms with E-state index in [4.69, 9.17) is 15.7 Å². The van der Waals surface area contributed by atoms with Crippen molar-refractivity contribution in [3.05, 3.63) is 27.3 Å². The number of anilines is 1. The van der Waals surface area contributed by atoms with Crippen molar-refractivity contribution in [2.24, 2.45) is 5.92 Å². The Hall–Kier alpha value is -1.82. The maximum Gasteiger partial charge on any atom is 0.340 e. The molecular weight excluding hydrogens is 397 g/mol. The van der Waals surface area contributed by atoms with Gasteiger partial charge in [-0.2, -0.15) is 5.26 Å². The van der Waals surface area contributed by atoms with Gasteiger partial charge in [0.05, 0.1) is 11.6 Å². The third kappa shape index (κ3) is 4.59. The van der Waals surface area contributed by atoms with Crippen LogP contribution in [0.5, 0.6) is 0 Å². The second-order valence-corrected chi connectivity index (χ2v) is 6.57. The maximum atomic E-state index is 11.9. The summed E-state index contributed by atoms with van der Waals surface area (Å²) in [6.07, 6.45) is 0. The van der Waals surface area contributed by atoms with Crippen LogP contribution in [-0.2, 0) is 9.53 Å². The van der Waals surface area contributed by atoms with Crippen molar-refractivity contribution in [1.82, 2.24) is 5.32 Å². The number of nitrogens with two attached hydrogens (primary N) is 1. The van der Waals surface area contributed by atoms with Gasteiger partial charge in [-0.25, -0.2) is 4.79 Å². The Morgan fingerprint density at radius 1 is 1.50 bits per heavy atom. The van der Waals surface area contributed by atoms with Gasteiger partial charge in [-0.1, -0.05) is 13.8 Å². The summed E-state index contributed by atoms with van der Waals surface area (Å²) < 4.78 is 5.79. The predicted molar refractivity (Wildman–Crippen MR) is 90.9 cm³/mol. The smallest absolute Gasteiger partial charge is 0.340 e. The largest absolute Gasteiger partial charge is 0.452 e. The first kappa shape index (κ1) is 18.2. The lowest BCUT2D eigenvalue weighted by atomic mass is 9.90. The second kappa shape index (κ2) is 7.45. The molecule has 0 bridgehead atoms. The van der Waals surface area contributed by atoms with E-state index in [1.54, 1.807) is 25.1 Å². The maximum absolute atomic E-state index is 11.9. The number of ether oxygens (including phenoxy) is 1. The molecule has 1 atom stereocenters. The van der Waals surface area contributed by atoms with E-state index in [0.717, 1.165) is 3.57 Å². The van der Waals surface area contributed by atoms with Crippen molar-refractivity contribution in [2.75, 3.05) is 12.3 Å². The van der Waals surface area contributed by atoms with Gasteiger partial charge in [0, 0.05) is 9.26 Å². The lowest BCUT2D eigenvalue weighted by Gasteiger charge is -2.27. The zero-order valence-corrected chi connectivity index (χ0v) is 14.8. The fraction of sp³-hybridized carbons (Fsp3) is 0.400. The van der Waals surface area contributed by atoms with Crippen LogP contribution in [0.1, 0.15) is 31.1 Å². The average molecular weight is 415 g/mol. The highest BCUT2D eigenvalue weighted by Crippen LogP contribution is 2.17. The zero-order chi connectivity index (χ0) is 16.9. The van der Waals surface area contributed by atoms with E-state index in [-0.39, 0.29) is 17.2 Å². The minimum Gasteiger partial charge on any atom is -0.452 e. The molecule has 0 saturated carbocycles. The van der Waals surface area contributed by atoms with E-state index in [1.165, 1.54) is 0 Å². The van der Waals surface area contributed by atoms with Gasteiger partial charge in [0.1, 0.15) is 5.54 Å². The minimum absolute atomic E-state index is 0.0801. The molecule has 1 aromatic carbocycles. The summed E-state index contributed by atoms with van der Waals surface area (Å²) in [5.41, 5.74) is 5.20. The molecule has 1 amide bonds. The predicted octanol–water partition coefficient (Wildman–Crippen LogP) is 2.08. The van der Waals surface area contributed by atoms with E-state index in [9.17, 15) is 9.59 Å². The number of nitriles is 1. The number of nitrogens with one attached hydrogen (secondary N) is 1. The lowest BCUT2D eigenvalue weighted by molar-refractivity contribution is -0.125. The molecule has 0 unspecified atom stereocenters. The van der Waals surface area contributed by atoms with Crippen LogP contribution in [-0.4, -0.2) is 24.0 Å². The molecule has 0 aliphatic carbocycles. The summed E-state index contributed by atoms with van der Waals surface area (Å²) in [7, 11) is 0. The summed E-state index contributed by atoms with van der Waals surface area (Å²) in [5.74, 6) is -1.28. The molecule has 0 aliphatic rings. The van der Waals surface area contributed by atoms with Crippen molar-refractivity contribution in [3.8, 4) is 6.07 Å². The molecule has 1 rings (SSSR count). The van der Waals surface area contributed by atoms with Crippen LogP contribution in [0.4, 0.5) is 5.69 Å². The number of carbonyl (C=O) groups excluding carboxylic acids is 2. The van der Waals surface area contributed by atoms with Gasteiger partial charge in [-0.05, 0) is 53.6 Å². The molecule has 0 heterocycles. The molecule has 0 saturated heterocycles. The first-order valence-corrected chi connectivity index (χ1v) is 7.72. The standard InChI is InChI=1S/C15H18IN3O3/c1-9(2)15(3,8-17)19-13(20)7-22-14(21)11-6-10(16)4-5-12(11)18/h4-6,9H,7,18H2,1-3H3,(H,19,20)/t15-/m0/s1. The number of halogens is 1. The third-order valence-electron chi connectivity index (χ3n) is 3.36. The third-order valence-corrected chi connectivity index (χ3v) is 4.03. The number of hydrogen-bond acceptors (Lipinski definition) is 5. The van der Waals surface area contributed by atoms with Crippen LogP contribution in [0, 0.1) is 20.8 Å². The fourth-order valence-electron chi connectivity index (χ4n) is 1.54. The average Bonchev–Trinajstić information content (AvgIpc) is 2.46. The van der Waals surface area contributed by atoms with E-state index < -0.39 is 24.0 Å². The van der Waals surface area contributed by atoms with E-state index >= 15 is 0 Å². The first-order chi connectivity index (χ1) is 10.2. The number of rotatable bonds is 5. The second-order valence-electron chi connectivity index (χ2n) is 5.32. The highest BCUT2D eigenvalue weighted by atomic mass is 127. The molecule has 7 heteroatoms. The Bertz CT molecular complexity index is 625. The van der Waals surface area contributed by atoms with Gasteiger partial charge in [-0.3, -0.25) is 4.79 Å². The monoisotopic (exact) mass is 415 g/mol. The molecule has 1 aromatic rings. The topological polar surface area (TPSA) is 105 Å². The number of hydrogen-bond donors (Lipinski definition) is 2. The van der Waals surface area contributed by atoms with Gasteiger partial charge >= 0.3 is 5.97 Å². The van der Waals surface area contributed by atoms with Crippen molar-refractivity contribution < 1.29 is 14.3 Å². The van der Waals surface area contributed by atoms with Gasteiger partial charge in [0.15, 0.2) is 6.61 Å². The van der Waals surface area contributed by atoms with Crippen LogP contribution in [0.15, 0.2) is 18.2 Å². The molecule has 3 N–H and O–H groups in total. The number of amides is 1. The number of esters is 1. The molecule has 0 radical (unpaired) electrons. The molecule has 118 valence electrons. The lowest BCUT2D eigenvalue weighted by Crippen LogP contribution is -2.50. The number of carbonyl (C=O) groups is 2. The molecule has 0 fully saturated rings. The summed E-state index contributed by atoms with van der Waals surface area (Å²) in [5, 5.41) is 11.7. The quantitative estimate of drug-likeness (QED) is 0.435. The highest BCUT2D eigenvalue weighted by molar-refractivity contribution is 14.1. The van der Waals surface area contributed by atoms with E-state index in [1.807, 2.05) is 36.4 Å². The van der Waals surface area contributed by atoms with Crippen molar-refractivity contribution in [1.29, 1.82) is 5.26 Å². The van der Waals surface area contributed by atoms with Crippen molar-refractivity contribution in [2.45, 2.75) is 26.3 Å². The first-order valence-electron chi connectivity index (χ1n) is 6.64. The Kier molecular flexibility index (Phi) is 6.17. The molecule has 0 spiro atoms. The molecule has 0 aliphatic heterocycles. The number of benzene rings is 1. The minimum atomic E-state index is -1.01. The summed E-state index contributed by atoms with van der Waals surface area (Å²) in [6.45, 7) is 4.80. The summed E-state index contributed by atoms with van der Waals surface area (Å²) in [6, 6.07) is 7.00. The van der Waals surface area contributed by atoms with Gasteiger partial charge in [0.25, 0.3) is 5.91 Å². The van der Waals surface area contributed by atoms with Crippen molar-refractivity contribution >= 4 is 40.2 Å². The van der Waals surface area contributed by atoms with Gasteiger partial charge in [-0.15, -0.1) is 0 Å². The fourth-order valence-corrected chi connectivity index (χ4v) is 2.03. The SMILES string of the molecule is CC(C)[C@](C)(C#N)NC(=O)COC(=O)c1cc(I)ccc1N. The number of nitrogen functional groups attached to an aromatic ring is 1. The Morgan fingerprint density at radius 2 is 2.14 bits per heavy atom. The molecule has 6 nitrogen and oxygen atoms in total. The van der Waals surface area contributed by atoms with Gasteiger partial charge < -0.3 is 15.8 Å². The van der Waals surface area contributed by atoms with Crippen molar-refractivity contribution in [3.63, 3.8) is 0 Å². The Balaban J connectivity index is 2.67. The van der Waals surface area contributed by atoms with Crippen LogP contribution >= 0.6 is 22.6 Å². The normalized spacial score (nSPS) is 13.1. The van der Waals surface area contributed by atoms with Crippen LogP contribution in [0.25, 0.3) is 0 Å².